The first kappa shape index (κ1) is 13.1. The number of hydrogen-bond donors (Lipinski definition) is 0. The van der Waals surface area contributed by atoms with E-state index in [4.69, 9.17) is 4.74 Å². The van der Waals surface area contributed by atoms with Crippen LogP contribution < -0.4 is 4.90 Å². The van der Waals surface area contributed by atoms with E-state index >= 15 is 0 Å². The summed E-state index contributed by atoms with van der Waals surface area (Å²) in [4.78, 5) is 23.6. The highest BCUT2D eigenvalue weighted by atomic mass is 79.9. The van der Waals surface area contributed by atoms with Crippen molar-refractivity contribution in [1.82, 2.24) is 14.9 Å². The van der Waals surface area contributed by atoms with Gasteiger partial charge in [-0.15, -0.1) is 0 Å². The Labute approximate surface area is 114 Å². The molecule has 0 spiro atoms. The van der Waals surface area contributed by atoms with Crippen molar-refractivity contribution in [2.24, 2.45) is 0 Å². The Morgan fingerprint density at radius 3 is 2.78 bits per heavy atom. The summed E-state index contributed by atoms with van der Waals surface area (Å²) in [5, 5.41) is 0. The number of piperazine rings is 1. The van der Waals surface area contributed by atoms with Gasteiger partial charge in [-0.05, 0) is 22.9 Å². The fraction of sp³-hybridized carbons (Fsp3) is 0.545. The van der Waals surface area contributed by atoms with Crippen LogP contribution in [0.25, 0.3) is 0 Å². The van der Waals surface area contributed by atoms with Gasteiger partial charge in [0.05, 0.1) is 11.1 Å². The monoisotopic (exact) mass is 314 g/mol. The van der Waals surface area contributed by atoms with E-state index in [-0.39, 0.29) is 6.09 Å². The van der Waals surface area contributed by atoms with Crippen LogP contribution in [0.2, 0.25) is 0 Å². The fourth-order valence-electron chi connectivity index (χ4n) is 1.85. The third-order valence-electron chi connectivity index (χ3n) is 2.75. The number of carbonyl (C=O) groups excluding carboxylic acids is 1. The van der Waals surface area contributed by atoms with Crippen LogP contribution in [0.5, 0.6) is 0 Å². The molecule has 0 radical (unpaired) electrons. The summed E-state index contributed by atoms with van der Waals surface area (Å²) < 4.78 is 5.85. The predicted molar refractivity (Wildman–Crippen MR) is 70.5 cm³/mol. The van der Waals surface area contributed by atoms with E-state index < -0.39 is 0 Å². The van der Waals surface area contributed by atoms with Gasteiger partial charge < -0.3 is 14.5 Å². The van der Waals surface area contributed by atoms with Crippen molar-refractivity contribution in [3.8, 4) is 0 Å². The minimum absolute atomic E-state index is 0.237. The number of hydrogen-bond acceptors (Lipinski definition) is 5. The van der Waals surface area contributed by atoms with Crippen molar-refractivity contribution >= 4 is 27.8 Å². The van der Waals surface area contributed by atoms with E-state index in [1.807, 2.05) is 6.92 Å². The van der Waals surface area contributed by atoms with Gasteiger partial charge in [0.2, 0.25) is 0 Å². The maximum Gasteiger partial charge on any atom is 0.409 e. The Kier molecular flexibility index (Phi) is 4.35. The molecule has 1 aliphatic heterocycles. The van der Waals surface area contributed by atoms with E-state index in [1.54, 1.807) is 11.1 Å². The maximum atomic E-state index is 11.6. The molecule has 1 fully saturated rings. The van der Waals surface area contributed by atoms with Crippen molar-refractivity contribution in [1.29, 1.82) is 0 Å². The highest BCUT2D eigenvalue weighted by Crippen LogP contribution is 2.23. The minimum Gasteiger partial charge on any atom is -0.450 e. The van der Waals surface area contributed by atoms with E-state index in [2.05, 4.69) is 30.8 Å². The van der Waals surface area contributed by atoms with Crippen LogP contribution in [0.4, 0.5) is 10.6 Å². The smallest absolute Gasteiger partial charge is 0.409 e. The van der Waals surface area contributed by atoms with Gasteiger partial charge in [-0.3, -0.25) is 0 Å². The molecule has 18 heavy (non-hydrogen) atoms. The molecule has 98 valence electrons. The van der Waals surface area contributed by atoms with Gasteiger partial charge in [0, 0.05) is 32.4 Å². The molecule has 0 aliphatic carbocycles. The molecule has 1 aromatic rings. The number of amides is 1. The zero-order valence-electron chi connectivity index (χ0n) is 10.2. The fourth-order valence-corrected chi connectivity index (χ4v) is 2.33. The quantitative estimate of drug-likeness (QED) is 0.828. The Morgan fingerprint density at radius 1 is 1.44 bits per heavy atom. The van der Waals surface area contributed by atoms with Crippen molar-refractivity contribution in [3.05, 3.63) is 17.0 Å². The summed E-state index contributed by atoms with van der Waals surface area (Å²) in [6.45, 7) is 5.01. The van der Waals surface area contributed by atoms with Gasteiger partial charge >= 0.3 is 6.09 Å². The molecule has 6 nitrogen and oxygen atoms in total. The molecule has 1 aromatic heterocycles. The van der Waals surface area contributed by atoms with Crippen LogP contribution in [-0.2, 0) is 4.74 Å². The van der Waals surface area contributed by atoms with E-state index in [0.717, 1.165) is 23.4 Å². The van der Waals surface area contributed by atoms with Crippen LogP contribution in [0, 0.1) is 0 Å². The summed E-state index contributed by atoms with van der Waals surface area (Å²) in [6.07, 6.45) is 3.01. The van der Waals surface area contributed by atoms with Crippen LogP contribution in [0.1, 0.15) is 6.92 Å². The van der Waals surface area contributed by atoms with Crippen molar-refractivity contribution < 1.29 is 9.53 Å². The molecule has 7 heteroatoms. The van der Waals surface area contributed by atoms with Gasteiger partial charge in [-0.1, -0.05) is 0 Å². The Hall–Kier alpha value is -1.37. The molecule has 0 N–H and O–H groups in total. The van der Waals surface area contributed by atoms with Crippen molar-refractivity contribution in [2.75, 3.05) is 37.7 Å². The standard InChI is InChI=1S/C11H15BrN4O2/c1-2-18-11(17)16-5-3-15(4-6-16)10-9(12)7-13-8-14-10/h7-8H,2-6H2,1H3. The molecule has 0 bridgehead atoms. The highest BCUT2D eigenvalue weighted by molar-refractivity contribution is 9.10. The number of halogens is 1. The molecule has 1 amide bonds. The summed E-state index contributed by atoms with van der Waals surface area (Å²) >= 11 is 3.43. The Bertz CT molecular complexity index is 421. The number of ether oxygens (including phenoxy) is 1. The largest absolute Gasteiger partial charge is 0.450 e. The van der Waals surface area contributed by atoms with Crippen molar-refractivity contribution in [2.45, 2.75) is 6.92 Å². The molecule has 0 saturated carbocycles. The average molecular weight is 315 g/mol. The van der Waals surface area contributed by atoms with Crippen LogP contribution in [0.15, 0.2) is 17.0 Å². The lowest BCUT2D eigenvalue weighted by Crippen LogP contribution is -2.49. The first-order valence-corrected chi connectivity index (χ1v) is 6.64. The van der Waals surface area contributed by atoms with E-state index in [0.29, 0.717) is 19.7 Å². The predicted octanol–water partition coefficient (Wildman–Crippen LogP) is 1.52. The number of aromatic nitrogens is 2. The lowest BCUT2D eigenvalue weighted by Gasteiger charge is -2.34. The highest BCUT2D eigenvalue weighted by Gasteiger charge is 2.23. The molecule has 1 aliphatic rings. The van der Waals surface area contributed by atoms with E-state index in [9.17, 15) is 4.79 Å². The Balaban J connectivity index is 1.95. The lowest BCUT2D eigenvalue weighted by atomic mass is 10.3. The topological polar surface area (TPSA) is 58.6 Å². The molecular formula is C11H15BrN4O2. The van der Waals surface area contributed by atoms with Gasteiger partial charge in [-0.25, -0.2) is 14.8 Å². The zero-order chi connectivity index (χ0) is 13.0. The third-order valence-corrected chi connectivity index (χ3v) is 3.31. The number of carbonyl (C=O) groups is 1. The number of rotatable bonds is 2. The molecule has 0 atom stereocenters. The number of nitrogens with zero attached hydrogens (tertiary/aromatic N) is 4. The molecule has 2 heterocycles. The summed E-state index contributed by atoms with van der Waals surface area (Å²) in [5.74, 6) is 0.869. The molecule has 2 rings (SSSR count). The average Bonchev–Trinajstić information content (AvgIpc) is 2.40. The van der Waals surface area contributed by atoms with Gasteiger partial charge in [0.15, 0.2) is 0 Å². The van der Waals surface area contributed by atoms with E-state index in [1.165, 1.54) is 6.33 Å². The maximum absolute atomic E-state index is 11.6. The second-order valence-electron chi connectivity index (χ2n) is 3.87. The van der Waals surface area contributed by atoms with Gasteiger partial charge in [-0.2, -0.15) is 0 Å². The number of anilines is 1. The second kappa shape index (κ2) is 5.99. The summed E-state index contributed by atoms with van der Waals surface area (Å²) in [6, 6.07) is 0. The normalized spacial score (nSPS) is 15.7. The molecule has 0 aromatic carbocycles. The second-order valence-corrected chi connectivity index (χ2v) is 4.72. The zero-order valence-corrected chi connectivity index (χ0v) is 11.8. The SMILES string of the molecule is CCOC(=O)N1CCN(c2ncncc2Br)CC1. The van der Waals surface area contributed by atoms with Crippen LogP contribution >= 0.6 is 15.9 Å². The lowest BCUT2D eigenvalue weighted by molar-refractivity contribution is 0.105. The third kappa shape index (κ3) is 2.90. The molecule has 0 unspecified atom stereocenters. The summed E-state index contributed by atoms with van der Waals surface area (Å²) in [5.41, 5.74) is 0. The molecular weight excluding hydrogens is 300 g/mol. The van der Waals surface area contributed by atoms with Gasteiger partial charge in [0.1, 0.15) is 12.1 Å². The molecule has 1 saturated heterocycles. The van der Waals surface area contributed by atoms with Crippen LogP contribution in [-0.4, -0.2) is 53.7 Å². The first-order chi connectivity index (χ1) is 8.72. The Morgan fingerprint density at radius 2 is 2.17 bits per heavy atom. The minimum atomic E-state index is -0.237. The van der Waals surface area contributed by atoms with Gasteiger partial charge in [0.25, 0.3) is 0 Å². The first-order valence-electron chi connectivity index (χ1n) is 5.84. The van der Waals surface area contributed by atoms with Crippen molar-refractivity contribution in [3.63, 3.8) is 0 Å². The summed E-state index contributed by atoms with van der Waals surface area (Å²) in [7, 11) is 0. The van der Waals surface area contributed by atoms with Crippen LogP contribution in [0.3, 0.4) is 0 Å².